The summed E-state index contributed by atoms with van der Waals surface area (Å²) in [5, 5.41) is 18.3. The number of rotatable bonds is 18. The van der Waals surface area contributed by atoms with Gasteiger partial charge < -0.3 is 28.4 Å². The minimum atomic E-state index is -0.682. The molecule has 12 nitrogen and oxygen atoms in total. The molecular formula is C40H46N2O10. The number of benzene rings is 3. The summed E-state index contributed by atoms with van der Waals surface area (Å²) >= 11 is 0. The first kappa shape index (κ1) is 38.5. The highest BCUT2D eigenvalue weighted by molar-refractivity contribution is 5.84. The molecule has 3 aromatic rings. The lowest BCUT2D eigenvalue weighted by molar-refractivity contribution is -0.270. The van der Waals surface area contributed by atoms with Crippen molar-refractivity contribution in [1.82, 2.24) is 0 Å². The second-order valence-electron chi connectivity index (χ2n) is 12.7. The Kier molecular flexibility index (Phi) is 14.2. The molecule has 2 aliphatic rings. The Morgan fingerprint density at radius 1 is 0.865 bits per heavy atom. The number of carbonyl (C=O) groups is 2. The number of hydrogen-bond donors (Lipinski definition) is 1. The molecule has 12 heteroatoms. The van der Waals surface area contributed by atoms with Gasteiger partial charge in [0.2, 0.25) is 0 Å². The van der Waals surface area contributed by atoms with E-state index in [1.54, 1.807) is 43.8 Å². The number of carbonyl (C=O) groups excluding carboxylic acids is 2. The van der Waals surface area contributed by atoms with Crippen LogP contribution in [-0.2, 0) is 33.4 Å². The average molecular weight is 715 g/mol. The standard InChI is InChI=1S/C40H46N2O10/c1-5-35(43)48-19-9-7-6-8-18-47-31-16-12-30(13-17-31)37(52-45)36-26(2)20-29(21-27(36)3)23-42-41-22-28-10-14-32(15-11-28)51-40(44)33-24-49-39-34(46-4)25-50-38(33)39/h5,10-17,20-23,33-34,37-39,45H,1,6-9,18-19,24-25H2,2-4H3/b41-22-,42-23-. The quantitative estimate of drug-likeness (QED) is 0.0302. The zero-order valence-electron chi connectivity index (χ0n) is 29.8. The number of aryl methyl sites for hydroxylation is 2. The highest BCUT2D eigenvalue weighted by atomic mass is 17.1. The lowest BCUT2D eigenvalue weighted by Gasteiger charge is -2.20. The number of ether oxygens (including phenoxy) is 6. The third-order valence-electron chi connectivity index (χ3n) is 9.08. The number of fused-ring (bicyclic) bond motifs is 1. The van der Waals surface area contributed by atoms with Crippen LogP contribution in [0.25, 0.3) is 0 Å². The molecular weight excluding hydrogens is 668 g/mol. The highest BCUT2D eigenvalue weighted by Crippen LogP contribution is 2.34. The summed E-state index contributed by atoms with van der Waals surface area (Å²) < 4.78 is 33.3. The summed E-state index contributed by atoms with van der Waals surface area (Å²) in [6.07, 6.45) is 6.56. The normalized spacial score (nSPS) is 20.2. The van der Waals surface area contributed by atoms with Gasteiger partial charge in [-0.25, -0.2) is 9.68 Å². The Morgan fingerprint density at radius 2 is 1.50 bits per heavy atom. The van der Waals surface area contributed by atoms with Crippen LogP contribution in [0.5, 0.6) is 11.5 Å². The third-order valence-corrected chi connectivity index (χ3v) is 9.08. The molecule has 5 atom stereocenters. The smallest absolute Gasteiger partial charge is 0.330 e. The number of hydrogen-bond acceptors (Lipinski definition) is 12. The van der Waals surface area contributed by atoms with E-state index in [9.17, 15) is 14.8 Å². The van der Waals surface area contributed by atoms with Crippen LogP contribution in [0.2, 0.25) is 0 Å². The van der Waals surface area contributed by atoms with Crippen molar-refractivity contribution in [3.05, 3.63) is 107 Å². The van der Waals surface area contributed by atoms with Crippen LogP contribution in [0.1, 0.15) is 65.2 Å². The Hall–Kier alpha value is -4.72. The first-order valence-corrected chi connectivity index (χ1v) is 17.4. The predicted octanol–water partition coefficient (Wildman–Crippen LogP) is 6.34. The van der Waals surface area contributed by atoms with Gasteiger partial charge in [-0.2, -0.15) is 10.2 Å². The van der Waals surface area contributed by atoms with E-state index in [0.29, 0.717) is 25.6 Å². The molecule has 0 aromatic heterocycles. The molecule has 0 radical (unpaired) electrons. The molecule has 3 aromatic carbocycles. The lowest BCUT2D eigenvalue weighted by Crippen LogP contribution is -2.34. The second-order valence-corrected chi connectivity index (χ2v) is 12.7. The average Bonchev–Trinajstić information content (AvgIpc) is 3.76. The van der Waals surface area contributed by atoms with Gasteiger partial charge in [0.1, 0.15) is 41.8 Å². The first-order valence-electron chi connectivity index (χ1n) is 17.4. The van der Waals surface area contributed by atoms with Crippen LogP contribution < -0.4 is 9.47 Å². The fourth-order valence-electron chi connectivity index (χ4n) is 6.38. The van der Waals surface area contributed by atoms with Crippen molar-refractivity contribution in [3.8, 4) is 11.5 Å². The first-order chi connectivity index (χ1) is 25.3. The zero-order chi connectivity index (χ0) is 36.9. The van der Waals surface area contributed by atoms with Crippen molar-refractivity contribution in [3.63, 3.8) is 0 Å². The molecule has 5 rings (SSSR count). The maximum absolute atomic E-state index is 12.8. The Labute approximate surface area is 303 Å². The maximum Gasteiger partial charge on any atom is 0.330 e. The van der Waals surface area contributed by atoms with Gasteiger partial charge in [0.05, 0.1) is 38.9 Å². The monoisotopic (exact) mass is 714 g/mol. The highest BCUT2D eigenvalue weighted by Gasteiger charge is 2.51. The van der Waals surface area contributed by atoms with E-state index in [0.717, 1.165) is 64.8 Å². The topological polar surface area (TPSA) is 144 Å². The van der Waals surface area contributed by atoms with E-state index in [1.165, 1.54) is 6.08 Å². The van der Waals surface area contributed by atoms with Gasteiger partial charge in [0.15, 0.2) is 0 Å². The number of nitrogens with zero attached hydrogens (tertiary/aromatic N) is 2. The molecule has 52 heavy (non-hydrogen) atoms. The zero-order valence-corrected chi connectivity index (χ0v) is 29.8. The summed E-state index contributed by atoms with van der Waals surface area (Å²) in [5.41, 5.74) is 5.11. The van der Waals surface area contributed by atoms with Gasteiger partial charge in [0.25, 0.3) is 0 Å². The molecule has 0 spiro atoms. The van der Waals surface area contributed by atoms with Crippen molar-refractivity contribution in [1.29, 1.82) is 0 Å². The summed E-state index contributed by atoms with van der Waals surface area (Å²) in [6, 6.07) is 18.4. The van der Waals surface area contributed by atoms with Crippen LogP contribution in [0.3, 0.4) is 0 Å². The van der Waals surface area contributed by atoms with Gasteiger partial charge in [-0.3, -0.25) is 10.1 Å². The van der Waals surface area contributed by atoms with Crippen molar-refractivity contribution >= 4 is 24.4 Å². The molecule has 0 bridgehead atoms. The van der Waals surface area contributed by atoms with Crippen LogP contribution in [0.15, 0.2) is 83.5 Å². The van der Waals surface area contributed by atoms with E-state index >= 15 is 0 Å². The second kappa shape index (κ2) is 19.2. The molecule has 1 N–H and O–H groups in total. The van der Waals surface area contributed by atoms with Crippen molar-refractivity contribution in [2.45, 2.75) is 63.9 Å². The Morgan fingerprint density at radius 3 is 2.15 bits per heavy atom. The third kappa shape index (κ3) is 10.2. The largest absolute Gasteiger partial charge is 0.494 e. The van der Waals surface area contributed by atoms with Gasteiger partial charge in [-0.15, -0.1) is 0 Å². The molecule has 5 unspecified atom stereocenters. The van der Waals surface area contributed by atoms with Gasteiger partial charge in [-0.1, -0.05) is 30.8 Å². The SMILES string of the molecule is C=CC(=O)OCCCCCCOc1ccc(C(OO)c2c(C)cc(/C=N\N=C/c3ccc(OC(=O)C4COC5C(OC)COC45)cc3)cc2C)cc1. The molecule has 0 amide bonds. The summed E-state index contributed by atoms with van der Waals surface area (Å²) in [7, 11) is 1.60. The summed E-state index contributed by atoms with van der Waals surface area (Å²) in [6.45, 7) is 8.90. The van der Waals surface area contributed by atoms with Crippen LogP contribution in [-0.4, -0.2) is 81.5 Å². The molecule has 0 aliphatic carbocycles. The number of esters is 2. The number of methoxy groups -OCH3 is 1. The van der Waals surface area contributed by atoms with E-state index < -0.39 is 24.0 Å². The van der Waals surface area contributed by atoms with E-state index in [1.807, 2.05) is 50.2 Å². The maximum atomic E-state index is 12.8. The van der Waals surface area contributed by atoms with Crippen LogP contribution in [0, 0.1) is 19.8 Å². The predicted molar refractivity (Wildman–Crippen MR) is 194 cm³/mol. The van der Waals surface area contributed by atoms with Crippen molar-refractivity contribution in [2.75, 3.05) is 33.5 Å². The van der Waals surface area contributed by atoms with Crippen molar-refractivity contribution in [2.24, 2.45) is 16.1 Å². The molecule has 2 saturated heterocycles. The van der Waals surface area contributed by atoms with Gasteiger partial charge in [0, 0.05) is 13.2 Å². The molecule has 2 fully saturated rings. The van der Waals surface area contributed by atoms with Crippen molar-refractivity contribution < 1.29 is 48.2 Å². The minimum Gasteiger partial charge on any atom is -0.494 e. The van der Waals surface area contributed by atoms with Crippen LogP contribution >= 0.6 is 0 Å². The van der Waals surface area contributed by atoms with E-state index in [2.05, 4.69) is 16.8 Å². The van der Waals surface area contributed by atoms with Gasteiger partial charge >= 0.3 is 11.9 Å². The lowest BCUT2D eigenvalue weighted by atomic mass is 9.92. The minimum absolute atomic E-state index is 0.177. The number of unbranched alkanes of at least 4 members (excludes halogenated alkanes) is 3. The molecule has 2 aliphatic heterocycles. The fourth-order valence-corrected chi connectivity index (χ4v) is 6.38. The Balaban J connectivity index is 1.09. The van der Waals surface area contributed by atoms with E-state index in [-0.39, 0.29) is 24.9 Å². The molecule has 0 saturated carbocycles. The summed E-state index contributed by atoms with van der Waals surface area (Å²) in [5.74, 6) is -0.142. The van der Waals surface area contributed by atoms with E-state index in [4.69, 9.17) is 33.3 Å². The molecule has 2 heterocycles. The Bertz CT molecular complexity index is 1680. The molecule has 276 valence electrons. The van der Waals surface area contributed by atoms with Crippen LogP contribution in [0.4, 0.5) is 0 Å². The van der Waals surface area contributed by atoms with Gasteiger partial charge in [-0.05, 0) is 109 Å². The fraction of sp³-hybridized carbons (Fsp3) is 0.400. The summed E-state index contributed by atoms with van der Waals surface area (Å²) in [4.78, 5) is 28.8.